The SMILES string of the molecule is c1ccc2c(c1)Cc1c-2ccc2cccc(-c3cccc4c3ccc3ccccc34)c12. The molecule has 0 spiro atoms. The van der Waals surface area contributed by atoms with E-state index in [1.165, 1.54) is 65.7 Å². The van der Waals surface area contributed by atoms with Gasteiger partial charge in [0.25, 0.3) is 0 Å². The lowest BCUT2D eigenvalue weighted by atomic mass is 9.89. The van der Waals surface area contributed by atoms with Gasteiger partial charge < -0.3 is 0 Å². The normalized spacial score (nSPS) is 12.4. The van der Waals surface area contributed by atoms with Gasteiger partial charge in [-0.2, -0.15) is 0 Å². The van der Waals surface area contributed by atoms with Gasteiger partial charge in [0.1, 0.15) is 0 Å². The summed E-state index contributed by atoms with van der Waals surface area (Å²) in [7, 11) is 0. The van der Waals surface area contributed by atoms with Crippen molar-refractivity contribution in [2.75, 3.05) is 0 Å². The smallest absolute Gasteiger partial charge is 0.000706 e. The van der Waals surface area contributed by atoms with Crippen LogP contribution in [0.25, 0.3) is 54.6 Å². The Morgan fingerprint density at radius 3 is 2.10 bits per heavy atom. The van der Waals surface area contributed by atoms with Gasteiger partial charge in [-0.3, -0.25) is 0 Å². The second-order valence-electron chi connectivity index (χ2n) is 8.52. The van der Waals surface area contributed by atoms with Gasteiger partial charge in [0, 0.05) is 0 Å². The Balaban J connectivity index is 1.58. The second-order valence-corrected chi connectivity index (χ2v) is 8.52. The van der Waals surface area contributed by atoms with E-state index in [-0.39, 0.29) is 0 Å². The summed E-state index contributed by atoms with van der Waals surface area (Å²) in [5.41, 5.74) is 8.33. The molecule has 0 aliphatic heterocycles. The molecule has 0 saturated heterocycles. The average Bonchev–Trinajstić information content (AvgIpc) is 3.22. The van der Waals surface area contributed by atoms with Crippen LogP contribution < -0.4 is 0 Å². The minimum Gasteiger partial charge on any atom is -0.0619 e. The second kappa shape index (κ2) is 6.30. The first-order valence-corrected chi connectivity index (χ1v) is 10.9. The number of hydrogen-bond acceptors (Lipinski definition) is 0. The molecular weight excluding hydrogens is 372 g/mol. The molecule has 0 saturated carbocycles. The lowest BCUT2D eigenvalue weighted by Crippen LogP contribution is -1.90. The molecule has 0 aromatic heterocycles. The van der Waals surface area contributed by atoms with E-state index in [1.54, 1.807) is 0 Å². The van der Waals surface area contributed by atoms with Crippen molar-refractivity contribution in [3.05, 3.63) is 120 Å². The van der Waals surface area contributed by atoms with Crippen LogP contribution in [-0.2, 0) is 6.42 Å². The van der Waals surface area contributed by atoms with Crippen molar-refractivity contribution >= 4 is 32.3 Å². The quantitative estimate of drug-likeness (QED) is 0.246. The highest BCUT2D eigenvalue weighted by Gasteiger charge is 2.22. The molecule has 0 nitrogen and oxygen atoms in total. The molecule has 144 valence electrons. The van der Waals surface area contributed by atoms with Gasteiger partial charge in [-0.25, -0.2) is 0 Å². The third-order valence-corrected chi connectivity index (χ3v) is 6.90. The molecule has 0 amide bonds. The molecule has 1 aliphatic rings. The Morgan fingerprint density at radius 1 is 0.387 bits per heavy atom. The maximum Gasteiger partial charge on any atom is -0.000706 e. The highest BCUT2D eigenvalue weighted by Crippen LogP contribution is 2.44. The first-order valence-electron chi connectivity index (χ1n) is 10.9. The Bertz CT molecular complexity index is 1650. The fourth-order valence-corrected chi connectivity index (χ4v) is 5.52. The van der Waals surface area contributed by atoms with Crippen molar-refractivity contribution in [3.63, 3.8) is 0 Å². The van der Waals surface area contributed by atoms with E-state index in [0.29, 0.717) is 0 Å². The van der Waals surface area contributed by atoms with Crippen molar-refractivity contribution in [2.24, 2.45) is 0 Å². The number of benzene rings is 6. The molecule has 0 atom stereocenters. The van der Waals surface area contributed by atoms with E-state index < -0.39 is 0 Å². The zero-order chi connectivity index (χ0) is 20.4. The van der Waals surface area contributed by atoms with E-state index in [1.807, 2.05) is 0 Å². The minimum atomic E-state index is 1.01. The molecule has 1 aliphatic carbocycles. The third-order valence-electron chi connectivity index (χ3n) is 6.90. The molecule has 0 fully saturated rings. The minimum absolute atomic E-state index is 1.01. The molecule has 0 radical (unpaired) electrons. The summed E-state index contributed by atoms with van der Waals surface area (Å²) in [6, 6.07) is 40.2. The van der Waals surface area contributed by atoms with Crippen molar-refractivity contribution in [2.45, 2.75) is 6.42 Å². The first kappa shape index (κ1) is 16.8. The highest BCUT2D eigenvalue weighted by molar-refractivity contribution is 6.15. The summed E-state index contributed by atoms with van der Waals surface area (Å²) >= 11 is 0. The Labute approximate surface area is 181 Å². The van der Waals surface area contributed by atoms with Crippen LogP contribution in [0.4, 0.5) is 0 Å². The van der Waals surface area contributed by atoms with Crippen molar-refractivity contribution < 1.29 is 0 Å². The summed E-state index contributed by atoms with van der Waals surface area (Å²) in [6.45, 7) is 0. The van der Waals surface area contributed by atoms with E-state index in [4.69, 9.17) is 0 Å². The first-order chi connectivity index (χ1) is 15.4. The maximum atomic E-state index is 2.31. The summed E-state index contributed by atoms with van der Waals surface area (Å²) < 4.78 is 0. The van der Waals surface area contributed by atoms with Gasteiger partial charge in [-0.15, -0.1) is 0 Å². The Morgan fingerprint density at radius 2 is 1.10 bits per heavy atom. The topological polar surface area (TPSA) is 0 Å². The van der Waals surface area contributed by atoms with Gasteiger partial charge in [0.15, 0.2) is 0 Å². The van der Waals surface area contributed by atoms with Gasteiger partial charge in [0.05, 0.1) is 0 Å². The summed E-state index contributed by atoms with van der Waals surface area (Å²) in [5.74, 6) is 0. The predicted octanol–water partition coefficient (Wildman–Crippen LogP) is 8.38. The molecule has 0 heterocycles. The zero-order valence-electron chi connectivity index (χ0n) is 17.1. The number of rotatable bonds is 1. The van der Waals surface area contributed by atoms with Crippen LogP contribution in [0.5, 0.6) is 0 Å². The van der Waals surface area contributed by atoms with E-state index >= 15 is 0 Å². The maximum absolute atomic E-state index is 2.31. The molecule has 0 heteroatoms. The average molecular weight is 393 g/mol. The van der Waals surface area contributed by atoms with Crippen LogP contribution >= 0.6 is 0 Å². The highest BCUT2D eigenvalue weighted by atomic mass is 14.3. The predicted molar refractivity (Wildman–Crippen MR) is 133 cm³/mol. The molecule has 0 unspecified atom stereocenters. The van der Waals surface area contributed by atoms with Crippen LogP contribution in [-0.4, -0.2) is 0 Å². The number of fused-ring (bicyclic) bond motifs is 8. The summed E-state index contributed by atoms with van der Waals surface area (Å²) in [5, 5.41) is 7.98. The van der Waals surface area contributed by atoms with E-state index in [2.05, 4.69) is 109 Å². The van der Waals surface area contributed by atoms with Crippen molar-refractivity contribution in [1.82, 2.24) is 0 Å². The Kier molecular flexibility index (Phi) is 3.42. The standard InChI is InChI=1S/C31H20/c1-3-10-23-20(7-1)15-17-28-25(23)12-6-13-26(28)29-14-5-9-21-16-18-27-24-11-4-2-8-22(24)19-30(27)31(21)29/h1-18H,19H2. The van der Waals surface area contributed by atoms with E-state index in [0.717, 1.165) is 6.42 Å². The monoisotopic (exact) mass is 392 g/mol. The summed E-state index contributed by atoms with van der Waals surface area (Å²) in [4.78, 5) is 0. The molecule has 6 aromatic rings. The molecule has 6 aromatic carbocycles. The molecule has 0 bridgehead atoms. The lowest BCUT2D eigenvalue weighted by Gasteiger charge is -2.15. The van der Waals surface area contributed by atoms with Crippen LogP contribution in [0.3, 0.4) is 0 Å². The molecular formula is C31H20. The molecule has 7 rings (SSSR count). The number of hydrogen-bond donors (Lipinski definition) is 0. The van der Waals surface area contributed by atoms with Gasteiger partial charge in [0.2, 0.25) is 0 Å². The largest absolute Gasteiger partial charge is 0.0619 e. The fourth-order valence-electron chi connectivity index (χ4n) is 5.52. The third kappa shape index (κ3) is 2.36. The van der Waals surface area contributed by atoms with Crippen molar-refractivity contribution in [3.8, 4) is 22.3 Å². The lowest BCUT2D eigenvalue weighted by molar-refractivity contribution is 1.28. The van der Waals surface area contributed by atoms with Crippen LogP contribution in [0.1, 0.15) is 11.1 Å². The Hall–Kier alpha value is -3.90. The summed E-state index contributed by atoms with van der Waals surface area (Å²) in [6.07, 6.45) is 1.01. The van der Waals surface area contributed by atoms with Crippen LogP contribution in [0.2, 0.25) is 0 Å². The van der Waals surface area contributed by atoms with Crippen LogP contribution in [0.15, 0.2) is 109 Å². The fraction of sp³-hybridized carbons (Fsp3) is 0.0323. The molecule has 31 heavy (non-hydrogen) atoms. The molecule has 0 N–H and O–H groups in total. The van der Waals surface area contributed by atoms with Gasteiger partial charge in [-0.05, 0) is 72.1 Å². The van der Waals surface area contributed by atoms with Gasteiger partial charge >= 0.3 is 0 Å². The zero-order valence-corrected chi connectivity index (χ0v) is 17.1. The van der Waals surface area contributed by atoms with Crippen molar-refractivity contribution in [1.29, 1.82) is 0 Å². The van der Waals surface area contributed by atoms with E-state index in [9.17, 15) is 0 Å². The van der Waals surface area contributed by atoms with Gasteiger partial charge in [-0.1, -0.05) is 109 Å². The van der Waals surface area contributed by atoms with Crippen LogP contribution in [0, 0.1) is 0 Å².